The fourth-order valence-corrected chi connectivity index (χ4v) is 3.64. The van der Waals surface area contributed by atoms with E-state index in [0.717, 1.165) is 36.2 Å². The minimum atomic E-state index is -0.0291. The first-order valence-electron chi connectivity index (χ1n) is 9.36. The number of carbonyl (C=O) groups is 1. The van der Waals surface area contributed by atoms with Crippen LogP contribution in [0.2, 0.25) is 0 Å². The van der Waals surface area contributed by atoms with Crippen LogP contribution in [0.25, 0.3) is 10.9 Å². The number of ether oxygens (including phenoxy) is 1. The Kier molecular flexibility index (Phi) is 4.64. The Morgan fingerprint density at radius 1 is 1.19 bits per heavy atom. The van der Waals surface area contributed by atoms with Crippen LogP contribution in [-0.4, -0.2) is 59.0 Å². The van der Waals surface area contributed by atoms with Crippen LogP contribution in [0, 0.1) is 0 Å². The minimum Gasteiger partial charge on any atom is -0.487 e. The number of hydrogen-bond acceptors (Lipinski definition) is 4. The molecular formula is C21H25N3O2. The van der Waals surface area contributed by atoms with Crippen LogP contribution in [0.5, 0.6) is 5.75 Å². The number of rotatable bonds is 4. The van der Waals surface area contributed by atoms with Crippen molar-refractivity contribution in [1.82, 2.24) is 14.8 Å². The predicted molar refractivity (Wildman–Crippen MR) is 103 cm³/mol. The number of amides is 1. The summed E-state index contributed by atoms with van der Waals surface area (Å²) in [7, 11) is 0. The average Bonchev–Trinajstić information content (AvgIpc) is 3.33. The monoisotopic (exact) mass is 351 g/mol. The smallest absolute Gasteiger partial charge is 0.273 e. The summed E-state index contributed by atoms with van der Waals surface area (Å²) < 4.78 is 6.29. The second kappa shape index (κ2) is 7.08. The van der Waals surface area contributed by atoms with Gasteiger partial charge in [-0.3, -0.25) is 9.69 Å². The summed E-state index contributed by atoms with van der Waals surface area (Å²) in [4.78, 5) is 21.5. The Hall–Kier alpha value is -2.40. The molecule has 5 nitrogen and oxygen atoms in total. The third-order valence-electron chi connectivity index (χ3n) is 5.21. The molecule has 1 aromatic carbocycles. The number of fused-ring (bicyclic) bond motifs is 1. The van der Waals surface area contributed by atoms with Gasteiger partial charge in [0.2, 0.25) is 0 Å². The van der Waals surface area contributed by atoms with Gasteiger partial charge in [-0.05, 0) is 32.4 Å². The molecule has 136 valence electrons. The average molecular weight is 351 g/mol. The molecule has 4 rings (SSSR count). The molecule has 0 radical (unpaired) electrons. The van der Waals surface area contributed by atoms with Crippen molar-refractivity contribution in [2.45, 2.75) is 32.4 Å². The zero-order chi connectivity index (χ0) is 18.1. The Balaban J connectivity index is 1.58. The van der Waals surface area contributed by atoms with Crippen LogP contribution in [0.3, 0.4) is 0 Å². The second-order valence-electron chi connectivity index (χ2n) is 7.32. The molecule has 1 saturated heterocycles. The Morgan fingerprint density at radius 3 is 2.73 bits per heavy atom. The quantitative estimate of drug-likeness (QED) is 0.794. The highest BCUT2D eigenvalue weighted by Gasteiger charge is 2.26. The fraction of sp³-hybridized carbons (Fsp3) is 0.429. The minimum absolute atomic E-state index is 0.0291. The molecule has 2 aliphatic rings. The standard InChI is InChI=1S/C21H25N3O2/c1-15(2)24-13-10-17(14-24)26-19-7-5-6-16-8-9-18(22-20(16)19)21(25)23-11-3-4-12-23/h3-9,15,17H,10-14H2,1-2H3. The van der Waals surface area contributed by atoms with Crippen molar-refractivity contribution in [1.29, 1.82) is 0 Å². The third kappa shape index (κ3) is 3.31. The van der Waals surface area contributed by atoms with E-state index in [9.17, 15) is 4.79 Å². The highest BCUT2D eigenvalue weighted by molar-refractivity contribution is 5.96. The van der Waals surface area contributed by atoms with Crippen molar-refractivity contribution in [3.8, 4) is 5.75 Å². The molecule has 0 bridgehead atoms. The number of nitrogens with zero attached hydrogens (tertiary/aromatic N) is 3. The van der Waals surface area contributed by atoms with Gasteiger partial charge in [0.1, 0.15) is 23.1 Å². The molecule has 0 spiro atoms. The van der Waals surface area contributed by atoms with E-state index >= 15 is 0 Å². The molecule has 1 fully saturated rings. The number of likely N-dealkylation sites (tertiary alicyclic amines) is 1. The van der Waals surface area contributed by atoms with Gasteiger partial charge in [-0.1, -0.05) is 30.4 Å². The van der Waals surface area contributed by atoms with Crippen LogP contribution in [0.4, 0.5) is 0 Å². The van der Waals surface area contributed by atoms with Crippen LogP contribution in [0.1, 0.15) is 30.8 Å². The number of para-hydroxylation sites is 1. The maximum absolute atomic E-state index is 12.6. The molecule has 0 aliphatic carbocycles. The van der Waals surface area contributed by atoms with Gasteiger partial charge in [-0.15, -0.1) is 0 Å². The number of hydrogen-bond donors (Lipinski definition) is 0. The fourth-order valence-electron chi connectivity index (χ4n) is 3.64. The summed E-state index contributed by atoms with van der Waals surface area (Å²) in [5.74, 6) is 0.742. The zero-order valence-electron chi connectivity index (χ0n) is 15.4. The molecule has 1 amide bonds. The van der Waals surface area contributed by atoms with E-state index in [2.05, 4.69) is 23.7 Å². The van der Waals surface area contributed by atoms with E-state index in [0.29, 0.717) is 24.8 Å². The Morgan fingerprint density at radius 2 is 2.00 bits per heavy atom. The van der Waals surface area contributed by atoms with Gasteiger partial charge in [0, 0.05) is 37.6 Å². The van der Waals surface area contributed by atoms with Gasteiger partial charge < -0.3 is 9.64 Å². The lowest BCUT2D eigenvalue weighted by Crippen LogP contribution is -2.30. The third-order valence-corrected chi connectivity index (χ3v) is 5.21. The van der Waals surface area contributed by atoms with E-state index in [4.69, 9.17) is 4.74 Å². The van der Waals surface area contributed by atoms with Gasteiger partial charge in [0.05, 0.1) is 0 Å². The first kappa shape index (κ1) is 17.0. The molecule has 26 heavy (non-hydrogen) atoms. The molecule has 2 aliphatic heterocycles. The second-order valence-corrected chi connectivity index (χ2v) is 7.32. The number of pyridine rings is 1. The molecular weight excluding hydrogens is 326 g/mol. The van der Waals surface area contributed by atoms with E-state index in [1.165, 1.54) is 0 Å². The molecule has 0 saturated carbocycles. The molecule has 0 N–H and O–H groups in total. The van der Waals surface area contributed by atoms with Gasteiger partial charge in [-0.2, -0.15) is 0 Å². The highest BCUT2D eigenvalue weighted by Crippen LogP contribution is 2.27. The molecule has 1 aromatic heterocycles. The zero-order valence-corrected chi connectivity index (χ0v) is 15.4. The normalized spacial score (nSPS) is 20.4. The van der Waals surface area contributed by atoms with E-state index < -0.39 is 0 Å². The van der Waals surface area contributed by atoms with E-state index in [1.807, 2.05) is 42.5 Å². The Bertz CT molecular complexity index is 838. The Labute approximate surface area is 154 Å². The lowest BCUT2D eigenvalue weighted by molar-refractivity contribution is 0.0794. The lowest BCUT2D eigenvalue weighted by atomic mass is 10.1. The first-order valence-corrected chi connectivity index (χ1v) is 9.36. The molecule has 1 atom stereocenters. The van der Waals surface area contributed by atoms with Crippen molar-refractivity contribution < 1.29 is 9.53 Å². The maximum Gasteiger partial charge on any atom is 0.273 e. The van der Waals surface area contributed by atoms with Gasteiger partial charge in [-0.25, -0.2) is 4.98 Å². The molecule has 1 unspecified atom stereocenters. The summed E-state index contributed by atoms with van der Waals surface area (Å²) in [5.41, 5.74) is 1.25. The number of benzene rings is 1. The summed E-state index contributed by atoms with van der Waals surface area (Å²) >= 11 is 0. The molecule has 2 aromatic rings. The van der Waals surface area contributed by atoms with Crippen molar-refractivity contribution in [3.63, 3.8) is 0 Å². The van der Waals surface area contributed by atoms with Crippen molar-refractivity contribution in [3.05, 3.63) is 48.2 Å². The van der Waals surface area contributed by atoms with Crippen molar-refractivity contribution in [2.75, 3.05) is 26.2 Å². The summed E-state index contributed by atoms with van der Waals surface area (Å²) in [6, 6.07) is 10.3. The van der Waals surface area contributed by atoms with Crippen molar-refractivity contribution >= 4 is 16.8 Å². The van der Waals surface area contributed by atoms with Crippen LogP contribution >= 0.6 is 0 Å². The van der Waals surface area contributed by atoms with Gasteiger partial charge >= 0.3 is 0 Å². The van der Waals surface area contributed by atoms with Gasteiger partial charge in [0.15, 0.2) is 0 Å². The van der Waals surface area contributed by atoms with E-state index in [1.54, 1.807) is 4.90 Å². The molecule has 5 heteroatoms. The highest BCUT2D eigenvalue weighted by atomic mass is 16.5. The van der Waals surface area contributed by atoms with Crippen LogP contribution in [0.15, 0.2) is 42.5 Å². The number of carbonyl (C=O) groups excluding carboxylic acids is 1. The van der Waals surface area contributed by atoms with Crippen LogP contribution < -0.4 is 4.74 Å². The largest absolute Gasteiger partial charge is 0.487 e. The van der Waals surface area contributed by atoms with Crippen LogP contribution in [-0.2, 0) is 0 Å². The predicted octanol–water partition coefficient (Wildman–Crippen LogP) is 3.11. The van der Waals surface area contributed by atoms with E-state index in [-0.39, 0.29) is 12.0 Å². The topological polar surface area (TPSA) is 45.7 Å². The number of aromatic nitrogens is 1. The lowest BCUT2D eigenvalue weighted by Gasteiger charge is -2.21. The SMILES string of the molecule is CC(C)N1CCC(Oc2cccc3ccc(C(=O)N4CC=CC4)nc23)C1. The summed E-state index contributed by atoms with van der Waals surface area (Å²) in [6.07, 6.45) is 5.21. The maximum atomic E-state index is 12.6. The summed E-state index contributed by atoms with van der Waals surface area (Å²) in [6.45, 7) is 7.74. The first-order chi connectivity index (χ1) is 12.6. The molecule has 3 heterocycles. The van der Waals surface area contributed by atoms with Crippen molar-refractivity contribution in [2.24, 2.45) is 0 Å². The van der Waals surface area contributed by atoms with Gasteiger partial charge in [0.25, 0.3) is 5.91 Å². The summed E-state index contributed by atoms with van der Waals surface area (Å²) in [5, 5.41) is 0.998.